The largest absolute Gasteiger partial charge is 0.497 e. The summed E-state index contributed by atoms with van der Waals surface area (Å²) < 4.78 is 5.23. The van der Waals surface area contributed by atoms with E-state index >= 15 is 0 Å². The summed E-state index contributed by atoms with van der Waals surface area (Å²) in [6.07, 6.45) is 0.134. The number of fused-ring (bicyclic) bond motifs is 1. The molecular weight excluding hydrogens is 344 g/mol. The van der Waals surface area contributed by atoms with Crippen molar-refractivity contribution >= 4 is 22.7 Å². The van der Waals surface area contributed by atoms with Crippen molar-refractivity contribution in [2.45, 2.75) is 12.5 Å². The van der Waals surface area contributed by atoms with E-state index in [9.17, 15) is 9.59 Å². The number of methoxy groups -OCH3 is 1. The van der Waals surface area contributed by atoms with E-state index in [1.54, 1.807) is 7.11 Å². The third-order valence-electron chi connectivity index (χ3n) is 4.24. The van der Waals surface area contributed by atoms with Gasteiger partial charge in [0.05, 0.1) is 24.9 Å². The predicted molar refractivity (Wildman–Crippen MR) is 103 cm³/mol. The Hall–Kier alpha value is -3.25. The molecule has 0 saturated carbocycles. The molecule has 138 valence electrons. The quantitative estimate of drug-likeness (QED) is 0.743. The molecule has 0 radical (unpaired) electrons. The number of rotatable bonds is 3. The van der Waals surface area contributed by atoms with E-state index in [2.05, 4.69) is 28.5 Å². The van der Waals surface area contributed by atoms with Gasteiger partial charge in [-0.3, -0.25) is 14.9 Å². The molecule has 1 saturated heterocycles. The van der Waals surface area contributed by atoms with Gasteiger partial charge in [-0.2, -0.15) is 0 Å². The number of carboxylic acids is 1. The number of hydrogen-bond acceptors (Lipinski definition) is 5. The molecule has 6 heteroatoms. The molecule has 2 N–H and O–H groups in total. The van der Waals surface area contributed by atoms with E-state index in [1.807, 2.05) is 42.5 Å². The minimum Gasteiger partial charge on any atom is -0.497 e. The van der Waals surface area contributed by atoms with Gasteiger partial charge in [-0.25, -0.2) is 4.98 Å². The molecule has 0 amide bonds. The summed E-state index contributed by atoms with van der Waals surface area (Å²) in [6, 6.07) is 19.6. The van der Waals surface area contributed by atoms with Crippen LogP contribution in [0.4, 0.5) is 0 Å². The molecule has 1 aliphatic heterocycles. The maximum atomic E-state index is 10.4. The first-order chi connectivity index (χ1) is 13.1. The van der Waals surface area contributed by atoms with E-state index in [1.165, 1.54) is 0 Å². The Morgan fingerprint density at radius 1 is 1.15 bits per heavy atom. The second-order valence-corrected chi connectivity index (χ2v) is 6.14. The third-order valence-corrected chi connectivity index (χ3v) is 4.24. The number of carbonyl (C=O) groups excluding carboxylic acids is 1. The van der Waals surface area contributed by atoms with Gasteiger partial charge in [0.2, 0.25) is 0 Å². The van der Waals surface area contributed by atoms with Crippen LogP contribution in [0.1, 0.15) is 6.42 Å². The van der Waals surface area contributed by atoms with E-state index < -0.39 is 12.0 Å². The van der Waals surface area contributed by atoms with Gasteiger partial charge in [0, 0.05) is 23.4 Å². The lowest BCUT2D eigenvalue weighted by molar-refractivity contribution is -0.139. The highest BCUT2D eigenvalue weighted by Crippen LogP contribution is 2.23. The fourth-order valence-corrected chi connectivity index (χ4v) is 2.78. The Balaban J connectivity index is 0.000000197. The highest BCUT2D eigenvalue weighted by atomic mass is 16.5. The van der Waals surface area contributed by atoms with Crippen molar-refractivity contribution in [3.8, 4) is 17.0 Å². The monoisotopic (exact) mass is 364 g/mol. The van der Waals surface area contributed by atoms with Gasteiger partial charge in [0.15, 0.2) is 0 Å². The van der Waals surface area contributed by atoms with Crippen LogP contribution in [0, 0.1) is 0 Å². The molecular formula is C21H20N2O4. The van der Waals surface area contributed by atoms with Crippen LogP contribution < -0.4 is 10.1 Å². The Morgan fingerprint density at radius 3 is 2.48 bits per heavy atom. The predicted octanol–water partition coefficient (Wildman–Crippen LogP) is 2.91. The highest BCUT2D eigenvalue weighted by molar-refractivity contribution is 5.90. The van der Waals surface area contributed by atoms with Gasteiger partial charge in [-0.05, 0) is 18.2 Å². The maximum Gasteiger partial charge on any atom is 0.321 e. The second kappa shape index (κ2) is 8.42. The van der Waals surface area contributed by atoms with Crippen LogP contribution in [0.2, 0.25) is 0 Å². The molecule has 6 nitrogen and oxygen atoms in total. The van der Waals surface area contributed by atoms with Gasteiger partial charge >= 0.3 is 5.97 Å². The molecule has 0 bridgehead atoms. The SMILES string of the molecule is COc1ccc2ccc(-c3ccccc3)nc2c1.O=C1CNC(C(=O)O)C1. The molecule has 27 heavy (non-hydrogen) atoms. The van der Waals surface area contributed by atoms with E-state index in [-0.39, 0.29) is 18.7 Å². The summed E-state index contributed by atoms with van der Waals surface area (Å²) in [6.45, 7) is 0.205. The Bertz CT molecular complexity index is 957. The summed E-state index contributed by atoms with van der Waals surface area (Å²) in [5, 5.41) is 12.0. The molecule has 1 aliphatic rings. The lowest BCUT2D eigenvalue weighted by atomic mass is 10.1. The summed E-state index contributed by atoms with van der Waals surface area (Å²) in [5.41, 5.74) is 3.06. The zero-order valence-electron chi connectivity index (χ0n) is 14.9. The van der Waals surface area contributed by atoms with Crippen molar-refractivity contribution < 1.29 is 19.4 Å². The maximum absolute atomic E-state index is 10.4. The number of pyridine rings is 1. The van der Waals surface area contributed by atoms with Crippen LogP contribution in [-0.4, -0.2) is 41.5 Å². The summed E-state index contributed by atoms with van der Waals surface area (Å²) in [5.74, 6) is -0.136. The fraction of sp³-hybridized carbons (Fsp3) is 0.190. The first-order valence-electron chi connectivity index (χ1n) is 8.55. The molecule has 3 aromatic rings. The molecule has 1 aromatic heterocycles. The number of hydrogen-bond donors (Lipinski definition) is 2. The van der Waals surface area contributed by atoms with Crippen LogP contribution >= 0.6 is 0 Å². The average molecular weight is 364 g/mol. The number of aromatic nitrogens is 1. The van der Waals surface area contributed by atoms with Crippen molar-refractivity contribution in [2.24, 2.45) is 0 Å². The van der Waals surface area contributed by atoms with Gasteiger partial charge in [0.25, 0.3) is 0 Å². The molecule has 1 atom stereocenters. The number of carboxylic acid groups (broad SMARTS) is 1. The summed E-state index contributed by atoms with van der Waals surface area (Å²) >= 11 is 0. The smallest absolute Gasteiger partial charge is 0.321 e. The number of carbonyl (C=O) groups is 2. The lowest BCUT2D eigenvalue weighted by Gasteiger charge is -2.05. The Morgan fingerprint density at radius 2 is 1.89 bits per heavy atom. The summed E-state index contributed by atoms with van der Waals surface area (Å²) in [4.78, 5) is 25.2. The van der Waals surface area contributed by atoms with E-state index in [4.69, 9.17) is 9.84 Å². The molecule has 0 spiro atoms. The average Bonchev–Trinajstić information content (AvgIpc) is 3.15. The first kappa shape index (κ1) is 18.5. The topological polar surface area (TPSA) is 88.5 Å². The normalized spacial score (nSPS) is 15.9. The van der Waals surface area contributed by atoms with Crippen molar-refractivity contribution in [3.05, 3.63) is 60.7 Å². The van der Waals surface area contributed by atoms with Crippen LogP contribution in [0.3, 0.4) is 0 Å². The first-order valence-corrected chi connectivity index (χ1v) is 8.55. The zero-order chi connectivity index (χ0) is 19.2. The molecule has 4 rings (SSSR count). The van der Waals surface area contributed by atoms with Crippen molar-refractivity contribution in [2.75, 3.05) is 13.7 Å². The number of nitrogens with one attached hydrogen (secondary N) is 1. The number of ketones is 1. The van der Waals surface area contributed by atoms with E-state index in [0.29, 0.717) is 0 Å². The number of nitrogens with zero attached hydrogens (tertiary/aromatic N) is 1. The minimum absolute atomic E-state index is 0.0256. The van der Waals surface area contributed by atoms with E-state index in [0.717, 1.165) is 27.9 Å². The highest BCUT2D eigenvalue weighted by Gasteiger charge is 2.26. The number of aliphatic carboxylic acids is 1. The fourth-order valence-electron chi connectivity index (χ4n) is 2.78. The molecule has 2 aromatic carbocycles. The number of Topliss-reactive ketones (excluding diaryl/α,β-unsaturated/α-hetero) is 1. The van der Waals surface area contributed by atoms with Crippen LogP contribution in [-0.2, 0) is 9.59 Å². The molecule has 1 fully saturated rings. The van der Waals surface area contributed by atoms with Gasteiger partial charge in [-0.1, -0.05) is 36.4 Å². The van der Waals surface area contributed by atoms with Gasteiger partial charge in [0.1, 0.15) is 17.6 Å². The lowest BCUT2D eigenvalue weighted by Crippen LogP contribution is -2.29. The Kier molecular flexibility index (Phi) is 5.78. The standard InChI is InChI=1S/C16H13NO.C5H7NO3/c1-18-14-9-7-13-8-10-15(17-16(13)11-14)12-5-3-2-4-6-12;7-3-1-4(5(8)9)6-2-3/h2-11H,1H3;4,6H,1-2H2,(H,8,9). The minimum atomic E-state index is -0.944. The van der Waals surface area contributed by atoms with Crippen molar-refractivity contribution in [1.29, 1.82) is 0 Å². The molecule has 1 unspecified atom stereocenters. The number of benzene rings is 2. The zero-order valence-corrected chi connectivity index (χ0v) is 14.9. The van der Waals surface area contributed by atoms with Gasteiger partial charge in [-0.15, -0.1) is 0 Å². The van der Waals surface area contributed by atoms with Crippen molar-refractivity contribution in [1.82, 2.24) is 10.3 Å². The summed E-state index contributed by atoms with van der Waals surface area (Å²) in [7, 11) is 1.67. The van der Waals surface area contributed by atoms with Crippen LogP contribution in [0.25, 0.3) is 22.2 Å². The third kappa shape index (κ3) is 4.68. The van der Waals surface area contributed by atoms with Crippen LogP contribution in [0.15, 0.2) is 60.7 Å². The second-order valence-electron chi connectivity index (χ2n) is 6.14. The number of ether oxygens (including phenoxy) is 1. The molecule has 2 heterocycles. The Labute approximate surface area is 156 Å². The van der Waals surface area contributed by atoms with Gasteiger partial charge < -0.3 is 9.84 Å². The van der Waals surface area contributed by atoms with Crippen molar-refractivity contribution in [3.63, 3.8) is 0 Å². The molecule has 0 aliphatic carbocycles. The van der Waals surface area contributed by atoms with Crippen LogP contribution in [0.5, 0.6) is 5.75 Å².